The maximum absolute atomic E-state index is 8.06. The van der Waals surface area contributed by atoms with Gasteiger partial charge in [0, 0.05) is 38.9 Å². The van der Waals surface area contributed by atoms with E-state index < -0.39 is 0 Å². The molecule has 0 aromatic carbocycles. The Bertz CT molecular complexity index is 27.5. The Morgan fingerprint density at radius 2 is 1.44 bits per heavy atom. The molecule has 0 aliphatic carbocycles. The van der Waals surface area contributed by atoms with Crippen molar-refractivity contribution in [1.82, 2.24) is 0 Å². The van der Waals surface area contributed by atoms with Crippen LogP contribution in [0, 0.1) is 0 Å². The summed E-state index contributed by atoms with van der Waals surface area (Å²) in [5, 5.41) is 15.9. The summed E-state index contributed by atoms with van der Waals surface area (Å²) in [6.07, 6.45) is 0.708. The Labute approximate surface area is 76.4 Å². The summed E-state index contributed by atoms with van der Waals surface area (Å²) in [7, 11) is 0. The summed E-state index contributed by atoms with van der Waals surface area (Å²) in [5.41, 5.74) is 0. The summed E-state index contributed by atoms with van der Waals surface area (Å²) in [6, 6.07) is 0. The third-order valence-corrected chi connectivity index (χ3v) is 0.224. The van der Waals surface area contributed by atoms with Gasteiger partial charge >= 0.3 is 0 Å². The first kappa shape index (κ1) is 16.4. The second-order valence-electron chi connectivity index (χ2n) is 1.82. The minimum Gasteiger partial charge on any atom is -0.396 e. The van der Waals surface area contributed by atoms with Crippen LogP contribution in [-0.4, -0.2) is 22.9 Å². The van der Waals surface area contributed by atoms with E-state index >= 15 is 0 Å². The van der Waals surface area contributed by atoms with Crippen molar-refractivity contribution in [2.45, 2.75) is 33.3 Å². The smallest absolute Gasteiger partial charge is 0.0483 e. The fourth-order valence-electron chi connectivity index (χ4n) is 0. The van der Waals surface area contributed by atoms with Gasteiger partial charge in [-0.15, -0.1) is 0 Å². The van der Waals surface area contributed by atoms with Crippen LogP contribution in [-0.2, 0) is 26.2 Å². The Hall–Kier alpha value is 0.803. The van der Waals surface area contributed by atoms with Crippen molar-refractivity contribution >= 4 is 0 Å². The number of hydrogen-bond acceptors (Lipinski definition) is 2. The van der Waals surface area contributed by atoms with Gasteiger partial charge in [-0.2, -0.15) is 0 Å². The minimum atomic E-state index is -0.167. The molecule has 0 bridgehead atoms. The number of aliphatic hydroxyl groups excluding tert-OH is 2. The predicted molar refractivity (Wildman–Crippen MR) is 34.7 cm³/mol. The van der Waals surface area contributed by atoms with E-state index in [1.807, 2.05) is 6.92 Å². The quantitative estimate of drug-likeness (QED) is 0.673. The number of aliphatic hydroxyl groups is 2. The van der Waals surface area contributed by atoms with Gasteiger partial charge < -0.3 is 10.2 Å². The minimum absolute atomic E-state index is 0. The van der Waals surface area contributed by atoms with E-state index in [0.29, 0.717) is 6.61 Å². The van der Waals surface area contributed by atoms with Crippen molar-refractivity contribution < 1.29 is 36.4 Å². The first-order valence-electron chi connectivity index (χ1n) is 2.94. The van der Waals surface area contributed by atoms with Gasteiger partial charge in [0.15, 0.2) is 0 Å². The molecule has 0 saturated carbocycles. The molecule has 0 aliphatic rings. The van der Waals surface area contributed by atoms with Crippen LogP contribution in [0.2, 0.25) is 0 Å². The first-order chi connectivity index (χ1) is 3.65. The van der Waals surface area contributed by atoms with Gasteiger partial charge in [-0.3, -0.25) is 0 Å². The van der Waals surface area contributed by atoms with Crippen molar-refractivity contribution in [1.29, 1.82) is 0 Å². The molecule has 3 heteroatoms. The van der Waals surface area contributed by atoms with E-state index in [-0.39, 0.29) is 32.3 Å². The average Bonchev–Trinajstić information content (AvgIpc) is 1.65. The third kappa shape index (κ3) is 125. The monoisotopic (exact) mass is 210 g/mol. The fourth-order valence-corrected chi connectivity index (χ4v) is 0. The van der Waals surface area contributed by atoms with Crippen LogP contribution in [0.5, 0.6) is 0 Å². The largest absolute Gasteiger partial charge is 0.396 e. The van der Waals surface area contributed by atoms with Gasteiger partial charge in [0.2, 0.25) is 0 Å². The molecule has 0 heterocycles. The second kappa shape index (κ2) is 15.9. The molecule has 56 valence electrons. The SMILES string of the molecule is CC(C)O.CCCO.[Zr]. The van der Waals surface area contributed by atoms with Crippen LogP contribution in [0.25, 0.3) is 0 Å². The van der Waals surface area contributed by atoms with Crippen LogP contribution in [0.4, 0.5) is 0 Å². The van der Waals surface area contributed by atoms with E-state index in [2.05, 4.69) is 0 Å². The Kier molecular flexibility index (Phi) is 29.0. The topological polar surface area (TPSA) is 40.5 Å². The van der Waals surface area contributed by atoms with Crippen LogP contribution in [0.3, 0.4) is 0 Å². The van der Waals surface area contributed by atoms with E-state index in [0.717, 1.165) is 6.42 Å². The molecule has 0 saturated heterocycles. The summed E-state index contributed by atoms with van der Waals surface area (Å²) in [6.45, 7) is 5.69. The Morgan fingerprint density at radius 3 is 1.44 bits per heavy atom. The maximum Gasteiger partial charge on any atom is 0.0483 e. The van der Waals surface area contributed by atoms with E-state index in [9.17, 15) is 0 Å². The van der Waals surface area contributed by atoms with Crippen molar-refractivity contribution in [3.05, 3.63) is 0 Å². The summed E-state index contributed by atoms with van der Waals surface area (Å²) < 4.78 is 0. The molecular weight excluding hydrogens is 195 g/mol. The molecule has 0 aliphatic heterocycles. The normalized spacial score (nSPS) is 7.33. The Balaban J connectivity index is -0.0000000720. The van der Waals surface area contributed by atoms with E-state index in [4.69, 9.17) is 10.2 Å². The fraction of sp³-hybridized carbons (Fsp3) is 1.00. The zero-order valence-electron chi connectivity index (χ0n) is 6.39. The molecule has 0 spiro atoms. The number of rotatable bonds is 1. The Morgan fingerprint density at radius 1 is 1.33 bits per heavy atom. The second-order valence-corrected chi connectivity index (χ2v) is 1.82. The van der Waals surface area contributed by atoms with Crippen LogP contribution in [0.1, 0.15) is 27.2 Å². The molecule has 0 aromatic heterocycles. The molecule has 2 N–H and O–H groups in total. The van der Waals surface area contributed by atoms with Crippen LogP contribution >= 0.6 is 0 Å². The van der Waals surface area contributed by atoms with Gasteiger partial charge in [-0.1, -0.05) is 6.92 Å². The molecule has 0 radical (unpaired) electrons. The van der Waals surface area contributed by atoms with Crippen molar-refractivity contribution in [2.75, 3.05) is 6.61 Å². The van der Waals surface area contributed by atoms with Crippen LogP contribution in [0.15, 0.2) is 0 Å². The molecule has 2 nitrogen and oxygen atoms in total. The zero-order chi connectivity index (χ0) is 6.99. The van der Waals surface area contributed by atoms with Gasteiger partial charge in [0.05, 0.1) is 0 Å². The van der Waals surface area contributed by atoms with Crippen molar-refractivity contribution in [3.63, 3.8) is 0 Å². The van der Waals surface area contributed by atoms with Gasteiger partial charge in [0.25, 0.3) is 0 Å². The first-order valence-corrected chi connectivity index (χ1v) is 2.94. The summed E-state index contributed by atoms with van der Waals surface area (Å²) >= 11 is 0. The third-order valence-electron chi connectivity index (χ3n) is 0.224. The predicted octanol–water partition coefficient (Wildman–Crippen LogP) is 0.773. The maximum atomic E-state index is 8.06. The molecule has 0 amide bonds. The van der Waals surface area contributed by atoms with Gasteiger partial charge in [-0.05, 0) is 20.3 Å². The van der Waals surface area contributed by atoms with Crippen LogP contribution < -0.4 is 0 Å². The molecule has 0 unspecified atom stereocenters. The summed E-state index contributed by atoms with van der Waals surface area (Å²) in [4.78, 5) is 0. The molecule has 9 heavy (non-hydrogen) atoms. The van der Waals surface area contributed by atoms with E-state index in [1.54, 1.807) is 13.8 Å². The summed E-state index contributed by atoms with van der Waals surface area (Å²) in [5.74, 6) is 0. The molecule has 0 atom stereocenters. The molecule has 0 rings (SSSR count). The van der Waals surface area contributed by atoms with Crippen molar-refractivity contribution in [2.24, 2.45) is 0 Å². The van der Waals surface area contributed by atoms with Gasteiger partial charge in [-0.25, -0.2) is 0 Å². The molecule has 0 aromatic rings. The average molecular weight is 211 g/mol. The molecule has 0 fully saturated rings. The number of hydrogen-bond donors (Lipinski definition) is 2. The van der Waals surface area contributed by atoms with Gasteiger partial charge in [0.1, 0.15) is 0 Å². The standard InChI is InChI=1S/2C3H8O.Zr/c1-3(2)4;1-2-3-4;/h3-4H,1-2H3;4H,2-3H2,1H3;. The molecular formula is C6H16O2Zr. The van der Waals surface area contributed by atoms with E-state index in [1.165, 1.54) is 0 Å². The zero-order valence-corrected chi connectivity index (χ0v) is 8.84. The van der Waals surface area contributed by atoms with Crippen molar-refractivity contribution in [3.8, 4) is 0 Å².